The molecular formula is C23H19N3. The highest BCUT2D eigenvalue weighted by atomic mass is 15.1. The molecule has 0 aliphatic rings. The zero-order valence-corrected chi connectivity index (χ0v) is 14.8. The van der Waals surface area contributed by atoms with E-state index in [4.69, 9.17) is 4.98 Å². The second-order valence-corrected chi connectivity index (χ2v) is 6.84. The van der Waals surface area contributed by atoms with Gasteiger partial charge in [0, 0.05) is 36.1 Å². The van der Waals surface area contributed by atoms with E-state index in [1.54, 1.807) is 0 Å². The van der Waals surface area contributed by atoms with Gasteiger partial charge in [-0.1, -0.05) is 48.5 Å². The van der Waals surface area contributed by atoms with Crippen LogP contribution in [0.2, 0.25) is 0 Å². The molecule has 4 aromatic carbocycles. The molecule has 1 aromatic heterocycles. The van der Waals surface area contributed by atoms with Crippen LogP contribution in [0.25, 0.3) is 44.0 Å². The van der Waals surface area contributed by atoms with Gasteiger partial charge in [0.2, 0.25) is 0 Å². The van der Waals surface area contributed by atoms with Crippen molar-refractivity contribution in [3.8, 4) is 11.4 Å². The fourth-order valence-electron chi connectivity index (χ4n) is 3.68. The van der Waals surface area contributed by atoms with Crippen LogP contribution in [-0.4, -0.2) is 24.1 Å². The van der Waals surface area contributed by atoms with E-state index in [1.807, 2.05) is 0 Å². The standard InChI is InChI=1S/C23H19N3/c1-26(2)16-13-11-15(12-14-16)23-24-21-19-9-5-3-7-17(19)18-8-4-6-10-20(18)22(21)25-23/h3-14H,1-2H3,(H,24,25). The lowest BCUT2D eigenvalue weighted by atomic mass is 10.0. The van der Waals surface area contributed by atoms with E-state index < -0.39 is 0 Å². The van der Waals surface area contributed by atoms with Crippen molar-refractivity contribution in [2.24, 2.45) is 0 Å². The minimum atomic E-state index is 0.909. The van der Waals surface area contributed by atoms with Crippen molar-refractivity contribution in [2.45, 2.75) is 0 Å². The lowest BCUT2D eigenvalue weighted by Crippen LogP contribution is -2.07. The number of anilines is 1. The molecule has 0 saturated carbocycles. The number of imidazole rings is 1. The summed E-state index contributed by atoms with van der Waals surface area (Å²) in [5, 5.41) is 4.91. The Morgan fingerprint density at radius 3 is 1.92 bits per heavy atom. The number of benzene rings is 4. The van der Waals surface area contributed by atoms with Crippen molar-refractivity contribution in [1.29, 1.82) is 0 Å². The Hall–Kier alpha value is -3.33. The van der Waals surface area contributed by atoms with Crippen LogP contribution in [0.1, 0.15) is 0 Å². The molecule has 26 heavy (non-hydrogen) atoms. The summed E-state index contributed by atoms with van der Waals surface area (Å²) in [4.78, 5) is 10.6. The van der Waals surface area contributed by atoms with Crippen LogP contribution in [0.15, 0.2) is 72.8 Å². The highest BCUT2D eigenvalue weighted by Gasteiger charge is 2.13. The molecule has 0 aliphatic carbocycles. The maximum Gasteiger partial charge on any atom is 0.138 e. The summed E-state index contributed by atoms with van der Waals surface area (Å²) in [5.41, 5.74) is 4.41. The summed E-state index contributed by atoms with van der Waals surface area (Å²) in [6, 6.07) is 25.5. The molecule has 1 N–H and O–H groups in total. The number of H-pyrrole nitrogens is 1. The van der Waals surface area contributed by atoms with Gasteiger partial charge in [-0.25, -0.2) is 4.98 Å². The number of hydrogen-bond donors (Lipinski definition) is 1. The summed E-state index contributed by atoms with van der Waals surface area (Å²) in [6.07, 6.45) is 0. The lowest BCUT2D eigenvalue weighted by molar-refractivity contribution is 1.13. The molecular weight excluding hydrogens is 318 g/mol. The van der Waals surface area contributed by atoms with Crippen LogP contribution in [-0.2, 0) is 0 Å². The first-order chi connectivity index (χ1) is 12.7. The van der Waals surface area contributed by atoms with E-state index in [0.29, 0.717) is 0 Å². The number of fused-ring (bicyclic) bond motifs is 6. The number of aromatic amines is 1. The summed E-state index contributed by atoms with van der Waals surface area (Å²) >= 11 is 0. The Morgan fingerprint density at radius 1 is 0.692 bits per heavy atom. The molecule has 0 unspecified atom stereocenters. The Bertz CT molecular complexity index is 1170. The predicted octanol–water partition coefficient (Wildman–Crippen LogP) is 5.60. The molecule has 0 radical (unpaired) electrons. The van der Waals surface area contributed by atoms with E-state index in [9.17, 15) is 0 Å². The van der Waals surface area contributed by atoms with Gasteiger partial charge in [0.05, 0.1) is 11.0 Å². The van der Waals surface area contributed by atoms with Crippen LogP contribution in [0, 0.1) is 0 Å². The average molecular weight is 337 g/mol. The Labute approximate surface area is 151 Å². The molecule has 0 atom stereocenters. The highest BCUT2D eigenvalue weighted by Crippen LogP contribution is 2.35. The van der Waals surface area contributed by atoms with Gasteiger partial charge in [0.1, 0.15) is 5.82 Å². The van der Waals surface area contributed by atoms with E-state index in [1.165, 1.54) is 27.2 Å². The van der Waals surface area contributed by atoms with Crippen molar-refractivity contribution in [3.05, 3.63) is 72.8 Å². The molecule has 0 spiro atoms. The van der Waals surface area contributed by atoms with Crippen molar-refractivity contribution < 1.29 is 0 Å². The van der Waals surface area contributed by atoms with Gasteiger partial charge >= 0.3 is 0 Å². The predicted molar refractivity (Wildman–Crippen MR) is 111 cm³/mol. The second-order valence-electron chi connectivity index (χ2n) is 6.84. The van der Waals surface area contributed by atoms with Gasteiger partial charge in [-0.05, 0) is 35.0 Å². The quantitative estimate of drug-likeness (QED) is 0.425. The Kier molecular flexibility index (Phi) is 3.22. The normalized spacial score (nSPS) is 11.5. The molecule has 0 aliphatic heterocycles. The van der Waals surface area contributed by atoms with Gasteiger partial charge < -0.3 is 9.88 Å². The van der Waals surface area contributed by atoms with Gasteiger partial charge in [-0.3, -0.25) is 0 Å². The van der Waals surface area contributed by atoms with Crippen molar-refractivity contribution >= 4 is 38.3 Å². The van der Waals surface area contributed by atoms with Crippen LogP contribution >= 0.6 is 0 Å². The summed E-state index contributed by atoms with van der Waals surface area (Å²) < 4.78 is 0. The fraction of sp³-hybridized carbons (Fsp3) is 0.0870. The monoisotopic (exact) mass is 337 g/mol. The summed E-state index contributed by atoms with van der Waals surface area (Å²) in [5.74, 6) is 0.909. The van der Waals surface area contributed by atoms with Crippen LogP contribution < -0.4 is 4.90 Å². The average Bonchev–Trinajstić information content (AvgIpc) is 3.14. The van der Waals surface area contributed by atoms with Crippen LogP contribution in [0.3, 0.4) is 0 Å². The first kappa shape index (κ1) is 15.0. The fourth-order valence-corrected chi connectivity index (χ4v) is 3.68. The largest absolute Gasteiger partial charge is 0.378 e. The number of aromatic nitrogens is 2. The van der Waals surface area contributed by atoms with Crippen LogP contribution in [0.5, 0.6) is 0 Å². The van der Waals surface area contributed by atoms with Gasteiger partial charge in [-0.2, -0.15) is 0 Å². The molecule has 0 fully saturated rings. The molecule has 0 bridgehead atoms. The summed E-state index contributed by atoms with van der Waals surface area (Å²) in [7, 11) is 4.10. The number of nitrogens with zero attached hydrogens (tertiary/aromatic N) is 2. The third-order valence-electron chi connectivity index (χ3n) is 5.03. The van der Waals surface area contributed by atoms with E-state index >= 15 is 0 Å². The molecule has 3 heteroatoms. The minimum absolute atomic E-state index is 0.909. The SMILES string of the molecule is CN(C)c1ccc(-c2nc3c4ccccc4c4ccccc4c3[nH]2)cc1. The Balaban J connectivity index is 1.82. The number of hydrogen-bond acceptors (Lipinski definition) is 2. The van der Waals surface area contributed by atoms with Crippen molar-refractivity contribution in [3.63, 3.8) is 0 Å². The van der Waals surface area contributed by atoms with E-state index in [-0.39, 0.29) is 0 Å². The zero-order valence-electron chi connectivity index (χ0n) is 14.8. The van der Waals surface area contributed by atoms with Crippen molar-refractivity contribution in [1.82, 2.24) is 9.97 Å². The smallest absolute Gasteiger partial charge is 0.138 e. The van der Waals surface area contributed by atoms with E-state index in [2.05, 4.69) is 96.8 Å². The highest BCUT2D eigenvalue weighted by molar-refractivity contribution is 6.23. The minimum Gasteiger partial charge on any atom is -0.378 e. The maximum absolute atomic E-state index is 4.97. The first-order valence-electron chi connectivity index (χ1n) is 8.79. The molecule has 1 heterocycles. The topological polar surface area (TPSA) is 31.9 Å². The van der Waals surface area contributed by atoms with Gasteiger partial charge in [-0.15, -0.1) is 0 Å². The van der Waals surface area contributed by atoms with Crippen LogP contribution in [0.4, 0.5) is 5.69 Å². The van der Waals surface area contributed by atoms with Gasteiger partial charge in [0.15, 0.2) is 0 Å². The molecule has 5 aromatic rings. The lowest BCUT2D eigenvalue weighted by Gasteiger charge is -2.12. The zero-order chi connectivity index (χ0) is 17.7. The first-order valence-corrected chi connectivity index (χ1v) is 8.79. The molecule has 3 nitrogen and oxygen atoms in total. The third-order valence-corrected chi connectivity index (χ3v) is 5.03. The summed E-state index contributed by atoms with van der Waals surface area (Å²) in [6.45, 7) is 0. The maximum atomic E-state index is 4.97. The molecule has 0 amide bonds. The molecule has 126 valence electrons. The molecule has 0 saturated heterocycles. The number of rotatable bonds is 2. The Morgan fingerprint density at radius 2 is 1.27 bits per heavy atom. The van der Waals surface area contributed by atoms with Gasteiger partial charge in [0.25, 0.3) is 0 Å². The van der Waals surface area contributed by atoms with Crippen molar-refractivity contribution in [2.75, 3.05) is 19.0 Å². The van der Waals surface area contributed by atoms with E-state index in [0.717, 1.165) is 22.4 Å². The second kappa shape index (κ2) is 5.60. The molecule has 5 rings (SSSR count). The number of nitrogens with one attached hydrogen (secondary N) is 1. The third kappa shape index (κ3) is 2.17.